The molecule has 0 bridgehead atoms. The van der Waals surface area contributed by atoms with Crippen LogP contribution in [0.25, 0.3) is 11.4 Å². The van der Waals surface area contributed by atoms with Crippen molar-refractivity contribution in [1.82, 2.24) is 24.9 Å². The summed E-state index contributed by atoms with van der Waals surface area (Å²) in [6, 6.07) is 13.1. The molecule has 2 aromatic carbocycles. The predicted octanol–water partition coefficient (Wildman–Crippen LogP) is 3.65. The second-order valence-corrected chi connectivity index (χ2v) is 6.25. The first kappa shape index (κ1) is 19.3. The number of alkyl halides is 3. The van der Waals surface area contributed by atoms with E-state index in [0.717, 1.165) is 5.56 Å². The Kier molecular flexibility index (Phi) is 5.00. The molecule has 0 aliphatic carbocycles. The Morgan fingerprint density at radius 2 is 1.93 bits per heavy atom. The quantitative estimate of drug-likeness (QED) is 0.535. The summed E-state index contributed by atoms with van der Waals surface area (Å²) in [5.74, 6) is -2.13. The molecule has 0 spiro atoms. The number of amides is 1. The molecule has 30 heavy (non-hydrogen) atoms. The first-order chi connectivity index (χ1) is 14.4. The number of aromatic nitrogens is 5. The molecular formula is C19H13F3N6O2. The first-order valence-corrected chi connectivity index (χ1v) is 8.62. The van der Waals surface area contributed by atoms with Gasteiger partial charge in [-0.15, -0.1) is 0 Å². The first-order valence-electron chi connectivity index (χ1n) is 8.62. The van der Waals surface area contributed by atoms with Crippen LogP contribution >= 0.6 is 0 Å². The van der Waals surface area contributed by atoms with Crippen LogP contribution in [0.15, 0.2) is 65.7 Å². The van der Waals surface area contributed by atoms with E-state index in [1.165, 1.54) is 30.6 Å². The smallest absolute Gasteiger partial charge is 0.329 e. The van der Waals surface area contributed by atoms with Crippen LogP contribution in [0.3, 0.4) is 0 Å². The summed E-state index contributed by atoms with van der Waals surface area (Å²) < 4.78 is 43.8. The lowest BCUT2D eigenvalue weighted by molar-refractivity contribution is -0.159. The fourth-order valence-electron chi connectivity index (χ4n) is 2.65. The van der Waals surface area contributed by atoms with Gasteiger partial charge in [-0.05, 0) is 29.8 Å². The van der Waals surface area contributed by atoms with Crippen LogP contribution in [0.4, 0.5) is 18.9 Å². The molecule has 0 saturated heterocycles. The monoisotopic (exact) mass is 414 g/mol. The maximum atomic E-state index is 12.6. The van der Waals surface area contributed by atoms with Gasteiger partial charge in [-0.25, -0.2) is 9.67 Å². The number of carbonyl (C=O) groups is 1. The minimum absolute atomic E-state index is 0.227. The Morgan fingerprint density at radius 3 is 2.60 bits per heavy atom. The minimum Gasteiger partial charge on any atom is -0.329 e. The molecule has 11 heteroatoms. The number of halogens is 3. The van der Waals surface area contributed by atoms with Crippen LogP contribution in [0.1, 0.15) is 21.8 Å². The van der Waals surface area contributed by atoms with Gasteiger partial charge in [-0.2, -0.15) is 23.3 Å². The van der Waals surface area contributed by atoms with E-state index < -0.39 is 18.0 Å². The summed E-state index contributed by atoms with van der Waals surface area (Å²) in [5.41, 5.74) is 1.99. The molecule has 0 radical (unpaired) electrons. The number of benzene rings is 2. The molecule has 1 N–H and O–H groups in total. The highest BCUT2D eigenvalue weighted by atomic mass is 19.4. The molecule has 2 heterocycles. The summed E-state index contributed by atoms with van der Waals surface area (Å²) in [4.78, 5) is 19.7. The van der Waals surface area contributed by atoms with Crippen molar-refractivity contribution >= 4 is 11.6 Å². The number of hydrogen-bond donors (Lipinski definition) is 1. The van der Waals surface area contributed by atoms with E-state index >= 15 is 0 Å². The molecule has 4 rings (SSSR count). The maximum Gasteiger partial charge on any atom is 0.471 e. The molecule has 8 nitrogen and oxygen atoms in total. The van der Waals surface area contributed by atoms with Crippen molar-refractivity contribution in [3.05, 3.63) is 78.2 Å². The van der Waals surface area contributed by atoms with Crippen LogP contribution in [0, 0.1) is 0 Å². The highest BCUT2D eigenvalue weighted by Crippen LogP contribution is 2.29. The SMILES string of the molecule is O=C(Nc1ccc(Cn2cncn2)cc1)c1cccc(-c2noc(C(F)(F)F)n2)c1. The summed E-state index contributed by atoms with van der Waals surface area (Å²) in [6.45, 7) is 0.543. The van der Waals surface area contributed by atoms with Gasteiger partial charge in [-0.3, -0.25) is 4.79 Å². The number of carbonyl (C=O) groups excluding carboxylic acids is 1. The van der Waals surface area contributed by atoms with Crippen LogP contribution in [0.2, 0.25) is 0 Å². The van der Waals surface area contributed by atoms with Gasteiger partial charge < -0.3 is 9.84 Å². The minimum atomic E-state index is -4.74. The molecule has 2 aromatic heterocycles. The number of hydrogen-bond acceptors (Lipinski definition) is 6. The normalized spacial score (nSPS) is 11.4. The maximum absolute atomic E-state index is 12.6. The highest BCUT2D eigenvalue weighted by molar-refractivity contribution is 6.04. The lowest BCUT2D eigenvalue weighted by Gasteiger charge is -2.07. The second-order valence-electron chi connectivity index (χ2n) is 6.25. The van der Waals surface area contributed by atoms with Crippen molar-refractivity contribution in [1.29, 1.82) is 0 Å². The van der Waals surface area contributed by atoms with Crippen molar-refractivity contribution in [3.8, 4) is 11.4 Å². The van der Waals surface area contributed by atoms with Gasteiger partial charge in [0.2, 0.25) is 5.82 Å². The van der Waals surface area contributed by atoms with Crippen LogP contribution < -0.4 is 5.32 Å². The van der Waals surface area contributed by atoms with Crippen molar-refractivity contribution in [3.63, 3.8) is 0 Å². The Hall–Kier alpha value is -4.02. The second kappa shape index (κ2) is 7.78. The van der Waals surface area contributed by atoms with E-state index in [1.54, 1.807) is 23.1 Å². The van der Waals surface area contributed by atoms with E-state index in [-0.39, 0.29) is 17.0 Å². The topological polar surface area (TPSA) is 98.7 Å². The lowest BCUT2D eigenvalue weighted by Crippen LogP contribution is -2.12. The van der Waals surface area contributed by atoms with Crippen LogP contribution in [0.5, 0.6) is 0 Å². The Morgan fingerprint density at radius 1 is 1.13 bits per heavy atom. The van der Waals surface area contributed by atoms with Gasteiger partial charge in [0.15, 0.2) is 0 Å². The van der Waals surface area contributed by atoms with Gasteiger partial charge in [0.1, 0.15) is 12.7 Å². The lowest BCUT2D eigenvalue weighted by atomic mass is 10.1. The molecule has 0 atom stereocenters. The van der Waals surface area contributed by atoms with Crippen molar-refractivity contribution in [2.24, 2.45) is 0 Å². The van der Waals surface area contributed by atoms with Crippen molar-refractivity contribution in [2.45, 2.75) is 12.7 Å². The Bertz CT molecular complexity index is 1150. The zero-order valence-corrected chi connectivity index (χ0v) is 15.2. The number of nitrogens with one attached hydrogen (secondary N) is 1. The zero-order valence-electron chi connectivity index (χ0n) is 15.2. The van der Waals surface area contributed by atoms with Gasteiger partial charge in [0, 0.05) is 16.8 Å². The average Bonchev–Trinajstić information content (AvgIpc) is 3.41. The standard InChI is InChI=1S/C19H13F3N6O2/c20-19(21,22)18-26-16(27-30-18)13-2-1-3-14(8-13)17(29)25-15-6-4-12(5-7-15)9-28-11-23-10-24-28/h1-8,10-11H,9H2,(H,25,29). The third kappa shape index (κ3) is 4.35. The van der Waals surface area contributed by atoms with E-state index in [2.05, 4.69) is 30.1 Å². The molecule has 0 aliphatic heterocycles. The van der Waals surface area contributed by atoms with E-state index in [0.29, 0.717) is 12.2 Å². The van der Waals surface area contributed by atoms with Gasteiger partial charge >= 0.3 is 12.1 Å². The highest BCUT2D eigenvalue weighted by Gasteiger charge is 2.38. The number of anilines is 1. The van der Waals surface area contributed by atoms with Gasteiger partial charge in [-0.1, -0.05) is 29.4 Å². The van der Waals surface area contributed by atoms with Crippen LogP contribution in [-0.4, -0.2) is 30.8 Å². The molecule has 0 unspecified atom stereocenters. The Balaban J connectivity index is 1.46. The fraction of sp³-hybridized carbons (Fsp3) is 0.105. The van der Waals surface area contributed by atoms with Gasteiger partial charge in [0.25, 0.3) is 5.91 Å². The molecule has 0 saturated carbocycles. The van der Waals surface area contributed by atoms with Crippen molar-refractivity contribution < 1.29 is 22.5 Å². The number of nitrogens with zero attached hydrogens (tertiary/aromatic N) is 5. The van der Waals surface area contributed by atoms with Crippen molar-refractivity contribution in [2.75, 3.05) is 5.32 Å². The molecule has 0 fully saturated rings. The fourth-order valence-corrected chi connectivity index (χ4v) is 2.65. The molecule has 1 amide bonds. The van der Waals surface area contributed by atoms with E-state index in [9.17, 15) is 18.0 Å². The zero-order chi connectivity index (χ0) is 21.1. The molecule has 4 aromatic rings. The summed E-state index contributed by atoms with van der Waals surface area (Å²) in [7, 11) is 0. The number of rotatable bonds is 5. The third-order valence-corrected chi connectivity index (χ3v) is 4.07. The predicted molar refractivity (Wildman–Crippen MR) is 98.3 cm³/mol. The molecular weight excluding hydrogens is 401 g/mol. The summed E-state index contributed by atoms with van der Waals surface area (Å²) >= 11 is 0. The van der Waals surface area contributed by atoms with E-state index in [1.807, 2.05) is 12.1 Å². The summed E-state index contributed by atoms with van der Waals surface area (Å²) in [5, 5.41) is 10.1. The third-order valence-electron chi connectivity index (χ3n) is 4.07. The molecule has 152 valence electrons. The van der Waals surface area contributed by atoms with Crippen LogP contribution in [-0.2, 0) is 12.7 Å². The largest absolute Gasteiger partial charge is 0.471 e. The Labute approximate surface area is 167 Å². The summed E-state index contributed by atoms with van der Waals surface area (Å²) in [6.07, 6.45) is -1.69. The average molecular weight is 414 g/mol. The van der Waals surface area contributed by atoms with Gasteiger partial charge in [0.05, 0.1) is 6.54 Å². The van der Waals surface area contributed by atoms with E-state index in [4.69, 9.17) is 0 Å². The molecule has 0 aliphatic rings.